The van der Waals surface area contributed by atoms with Crippen molar-refractivity contribution in [1.82, 2.24) is 5.32 Å². The van der Waals surface area contributed by atoms with Gasteiger partial charge in [0, 0.05) is 19.5 Å². The Kier molecular flexibility index (Phi) is 7.72. The second-order valence-electron chi connectivity index (χ2n) is 6.48. The third-order valence-corrected chi connectivity index (χ3v) is 4.71. The van der Waals surface area contributed by atoms with Crippen LogP contribution in [0.1, 0.15) is 64.7 Å². The van der Waals surface area contributed by atoms with Crippen molar-refractivity contribution in [3.63, 3.8) is 0 Å². The van der Waals surface area contributed by atoms with E-state index in [1.807, 2.05) is 6.92 Å². The summed E-state index contributed by atoms with van der Waals surface area (Å²) < 4.78 is 0. The molecule has 0 bridgehead atoms. The van der Waals surface area contributed by atoms with Crippen molar-refractivity contribution < 1.29 is 14.7 Å². The Labute approximate surface area is 127 Å². The van der Waals surface area contributed by atoms with Crippen molar-refractivity contribution in [1.29, 1.82) is 0 Å². The van der Waals surface area contributed by atoms with Crippen LogP contribution in [0.15, 0.2) is 0 Å². The third-order valence-electron chi connectivity index (χ3n) is 4.71. The number of carbonyl (C=O) groups excluding carboxylic acids is 1. The maximum atomic E-state index is 12.5. The first kappa shape index (κ1) is 18.0. The molecule has 4 N–H and O–H groups in total. The second kappa shape index (κ2) is 9.03. The minimum absolute atomic E-state index is 0.0948. The van der Waals surface area contributed by atoms with Gasteiger partial charge in [0.25, 0.3) is 0 Å². The molecule has 0 aliphatic heterocycles. The molecule has 0 aromatic rings. The van der Waals surface area contributed by atoms with E-state index < -0.39 is 5.97 Å². The molecule has 21 heavy (non-hydrogen) atoms. The number of amides is 1. The van der Waals surface area contributed by atoms with Crippen molar-refractivity contribution in [2.45, 2.75) is 64.7 Å². The van der Waals surface area contributed by atoms with Crippen LogP contribution >= 0.6 is 0 Å². The highest BCUT2D eigenvalue weighted by Crippen LogP contribution is 2.34. The molecule has 0 aromatic carbocycles. The molecule has 122 valence electrons. The molecular weight excluding hydrogens is 268 g/mol. The van der Waals surface area contributed by atoms with Gasteiger partial charge < -0.3 is 16.2 Å². The molecule has 1 unspecified atom stereocenters. The van der Waals surface area contributed by atoms with E-state index in [-0.39, 0.29) is 17.7 Å². The molecule has 0 radical (unpaired) electrons. The van der Waals surface area contributed by atoms with Crippen LogP contribution in [-0.2, 0) is 9.59 Å². The van der Waals surface area contributed by atoms with Gasteiger partial charge in [0.1, 0.15) is 0 Å². The van der Waals surface area contributed by atoms with Crippen molar-refractivity contribution in [2.75, 3.05) is 13.1 Å². The lowest BCUT2D eigenvalue weighted by molar-refractivity contribution is -0.137. The van der Waals surface area contributed by atoms with Gasteiger partial charge in [0.15, 0.2) is 0 Å². The maximum Gasteiger partial charge on any atom is 0.303 e. The highest BCUT2D eigenvalue weighted by molar-refractivity contribution is 5.82. The average molecular weight is 298 g/mol. The molecule has 1 aliphatic rings. The standard InChI is InChI=1S/C16H30N2O3/c1-13(6-7-14(19)20)8-11-18-15(21)16(12-17)9-4-2-3-5-10-16/h13H,2-12,17H2,1H3,(H,18,21)(H,19,20). The van der Waals surface area contributed by atoms with Crippen LogP contribution in [0.4, 0.5) is 0 Å². The molecule has 1 aliphatic carbocycles. The molecule has 0 saturated heterocycles. The van der Waals surface area contributed by atoms with E-state index in [0.29, 0.717) is 25.4 Å². The molecule has 1 fully saturated rings. The van der Waals surface area contributed by atoms with Gasteiger partial charge in [-0.25, -0.2) is 0 Å². The first-order valence-corrected chi connectivity index (χ1v) is 8.20. The largest absolute Gasteiger partial charge is 0.481 e. The third kappa shape index (κ3) is 6.04. The Hall–Kier alpha value is -1.10. The first-order valence-electron chi connectivity index (χ1n) is 8.20. The zero-order valence-corrected chi connectivity index (χ0v) is 13.2. The number of carbonyl (C=O) groups is 2. The molecular formula is C16H30N2O3. The number of nitrogens with one attached hydrogen (secondary N) is 1. The maximum absolute atomic E-state index is 12.5. The number of rotatable bonds is 8. The Morgan fingerprint density at radius 2 is 1.81 bits per heavy atom. The zero-order valence-electron chi connectivity index (χ0n) is 13.2. The fraction of sp³-hybridized carbons (Fsp3) is 0.875. The number of carboxylic acids is 1. The van der Waals surface area contributed by atoms with E-state index >= 15 is 0 Å². The number of aliphatic carboxylic acids is 1. The van der Waals surface area contributed by atoms with Crippen molar-refractivity contribution in [3.8, 4) is 0 Å². The predicted octanol–water partition coefficient (Wildman–Crippen LogP) is 2.29. The van der Waals surface area contributed by atoms with Crippen LogP contribution in [0.3, 0.4) is 0 Å². The summed E-state index contributed by atoms with van der Waals surface area (Å²) >= 11 is 0. The van der Waals surface area contributed by atoms with E-state index in [9.17, 15) is 9.59 Å². The topological polar surface area (TPSA) is 92.4 Å². The summed E-state index contributed by atoms with van der Waals surface area (Å²) in [5.74, 6) is -0.354. The summed E-state index contributed by atoms with van der Waals surface area (Å²) in [4.78, 5) is 23.0. The Balaban J connectivity index is 2.35. The Bertz CT molecular complexity index is 336. The van der Waals surface area contributed by atoms with Crippen LogP contribution < -0.4 is 11.1 Å². The molecule has 1 atom stereocenters. The molecule has 5 nitrogen and oxygen atoms in total. The van der Waals surface area contributed by atoms with E-state index in [2.05, 4.69) is 5.32 Å². The molecule has 0 heterocycles. The summed E-state index contributed by atoms with van der Waals surface area (Å²) in [5.41, 5.74) is 5.52. The van der Waals surface area contributed by atoms with Crippen LogP contribution in [0.2, 0.25) is 0 Å². The summed E-state index contributed by atoms with van der Waals surface area (Å²) in [6, 6.07) is 0. The summed E-state index contributed by atoms with van der Waals surface area (Å²) in [7, 11) is 0. The van der Waals surface area contributed by atoms with E-state index in [4.69, 9.17) is 10.8 Å². The predicted molar refractivity (Wildman–Crippen MR) is 82.8 cm³/mol. The molecule has 1 amide bonds. The Morgan fingerprint density at radius 1 is 1.19 bits per heavy atom. The lowest BCUT2D eigenvalue weighted by Crippen LogP contribution is -2.46. The SMILES string of the molecule is CC(CCNC(=O)C1(CN)CCCCCC1)CCC(=O)O. The number of hydrogen-bond donors (Lipinski definition) is 3. The average Bonchev–Trinajstić information content (AvgIpc) is 2.71. The van der Waals surface area contributed by atoms with Gasteiger partial charge in [0.05, 0.1) is 5.41 Å². The molecule has 5 heteroatoms. The molecule has 1 rings (SSSR count). The summed E-state index contributed by atoms with van der Waals surface area (Å²) in [6.45, 7) is 3.06. The molecule has 0 aromatic heterocycles. The number of carboxylic acid groups (broad SMARTS) is 1. The fourth-order valence-electron chi connectivity index (χ4n) is 3.06. The van der Waals surface area contributed by atoms with Crippen LogP contribution in [0, 0.1) is 11.3 Å². The lowest BCUT2D eigenvalue weighted by Gasteiger charge is -2.30. The second-order valence-corrected chi connectivity index (χ2v) is 6.48. The van der Waals surface area contributed by atoms with E-state index in [0.717, 1.165) is 32.1 Å². The normalized spacial score (nSPS) is 19.5. The monoisotopic (exact) mass is 298 g/mol. The van der Waals surface area contributed by atoms with E-state index in [1.54, 1.807) is 0 Å². The molecule has 1 saturated carbocycles. The van der Waals surface area contributed by atoms with E-state index in [1.165, 1.54) is 12.8 Å². The van der Waals surface area contributed by atoms with Crippen LogP contribution in [-0.4, -0.2) is 30.1 Å². The summed E-state index contributed by atoms with van der Waals surface area (Å²) in [5, 5.41) is 11.7. The zero-order chi connectivity index (χ0) is 15.7. The van der Waals surface area contributed by atoms with Gasteiger partial charge >= 0.3 is 5.97 Å². The highest BCUT2D eigenvalue weighted by Gasteiger charge is 2.36. The van der Waals surface area contributed by atoms with Gasteiger partial charge in [-0.1, -0.05) is 32.6 Å². The van der Waals surface area contributed by atoms with Gasteiger partial charge in [-0.05, 0) is 31.6 Å². The van der Waals surface area contributed by atoms with Gasteiger partial charge in [0.2, 0.25) is 5.91 Å². The molecule has 0 spiro atoms. The van der Waals surface area contributed by atoms with Crippen LogP contribution in [0.5, 0.6) is 0 Å². The minimum Gasteiger partial charge on any atom is -0.481 e. The first-order chi connectivity index (χ1) is 10.00. The highest BCUT2D eigenvalue weighted by atomic mass is 16.4. The van der Waals surface area contributed by atoms with Crippen molar-refractivity contribution in [2.24, 2.45) is 17.1 Å². The van der Waals surface area contributed by atoms with Gasteiger partial charge in [-0.2, -0.15) is 0 Å². The fourth-order valence-corrected chi connectivity index (χ4v) is 3.06. The number of hydrogen-bond acceptors (Lipinski definition) is 3. The smallest absolute Gasteiger partial charge is 0.303 e. The van der Waals surface area contributed by atoms with Crippen LogP contribution in [0.25, 0.3) is 0 Å². The van der Waals surface area contributed by atoms with Crippen molar-refractivity contribution >= 4 is 11.9 Å². The summed E-state index contributed by atoms with van der Waals surface area (Å²) in [6.07, 6.45) is 8.02. The van der Waals surface area contributed by atoms with Gasteiger partial charge in [-0.3, -0.25) is 9.59 Å². The van der Waals surface area contributed by atoms with Gasteiger partial charge in [-0.15, -0.1) is 0 Å². The minimum atomic E-state index is -0.758. The van der Waals surface area contributed by atoms with Crippen molar-refractivity contribution in [3.05, 3.63) is 0 Å². The quantitative estimate of drug-likeness (QED) is 0.599. The lowest BCUT2D eigenvalue weighted by atomic mass is 9.79. The number of nitrogens with two attached hydrogens (primary N) is 1. The Morgan fingerprint density at radius 3 is 2.33 bits per heavy atom.